The van der Waals surface area contributed by atoms with Gasteiger partial charge in [0.2, 0.25) is 0 Å². The second kappa shape index (κ2) is 8.96. The van der Waals surface area contributed by atoms with Gasteiger partial charge in [-0.3, -0.25) is 0 Å². The first-order chi connectivity index (χ1) is 21.8. The van der Waals surface area contributed by atoms with Crippen molar-refractivity contribution in [2.45, 2.75) is 0 Å². The summed E-state index contributed by atoms with van der Waals surface area (Å²) in [4.78, 5) is 2.31. The topological polar surface area (TPSA) is 29.5 Å². The zero-order valence-electron chi connectivity index (χ0n) is 23.5. The van der Waals surface area contributed by atoms with Gasteiger partial charge in [0.05, 0.1) is 0 Å². The van der Waals surface area contributed by atoms with E-state index in [4.69, 9.17) is 8.83 Å². The number of para-hydroxylation sites is 2. The third-order valence-electron chi connectivity index (χ3n) is 8.84. The van der Waals surface area contributed by atoms with Gasteiger partial charge in [-0.05, 0) is 71.4 Å². The highest BCUT2D eigenvalue weighted by atomic mass is 32.1. The standard InChI is InChI=1S/C40H23NO2S/c1-2-8-28-24(7-1)13-19-39-40(28)33-21-25(16-20-38(33)44-39)41(26-14-17-31-29-9-3-5-11-34(29)42-36(31)22-26)27-15-18-32-30-10-4-6-12-35(30)43-37(32)23-27/h1-23H. The number of benzene rings is 7. The quantitative estimate of drug-likeness (QED) is 0.208. The van der Waals surface area contributed by atoms with Crippen molar-refractivity contribution in [1.29, 1.82) is 0 Å². The van der Waals surface area contributed by atoms with Crippen molar-refractivity contribution in [1.82, 2.24) is 0 Å². The van der Waals surface area contributed by atoms with Crippen LogP contribution in [0.15, 0.2) is 148 Å². The smallest absolute Gasteiger partial charge is 0.137 e. The van der Waals surface area contributed by atoms with Crippen molar-refractivity contribution in [2.24, 2.45) is 0 Å². The van der Waals surface area contributed by atoms with Gasteiger partial charge in [0.25, 0.3) is 0 Å². The molecule has 0 saturated carbocycles. The third kappa shape index (κ3) is 3.43. The van der Waals surface area contributed by atoms with Gasteiger partial charge < -0.3 is 13.7 Å². The molecular formula is C40H23NO2S. The zero-order valence-corrected chi connectivity index (χ0v) is 24.3. The van der Waals surface area contributed by atoms with Crippen LogP contribution in [0.3, 0.4) is 0 Å². The molecule has 3 aromatic heterocycles. The van der Waals surface area contributed by atoms with Crippen LogP contribution in [0.2, 0.25) is 0 Å². The summed E-state index contributed by atoms with van der Waals surface area (Å²) in [6, 6.07) is 49.5. The number of nitrogens with zero attached hydrogens (tertiary/aromatic N) is 1. The SMILES string of the molecule is c1ccc2c(c1)ccc1sc3ccc(N(c4ccc5c(c4)oc4ccccc45)c4ccc5c(c4)oc4ccccc45)cc3c12. The molecule has 3 nitrogen and oxygen atoms in total. The summed E-state index contributed by atoms with van der Waals surface area (Å²) in [5.41, 5.74) is 6.65. The largest absolute Gasteiger partial charge is 0.456 e. The van der Waals surface area contributed by atoms with Crippen LogP contribution in [-0.2, 0) is 0 Å². The molecule has 0 aliphatic heterocycles. The van der Waals surface area contributed by atoms with E-state index in [0.29, 0.717) is 0 Å². The predicted octanol–water partition coefficient (Wildman–Crippen LogP) is 12.5. The molecule has 0 bridgehead atoms. The Bertz CT molecular complexity index is 2630. The van der Waals surface area contributed by atoms with Crippen LogP contribution in [0.1, 0.15) is 0 Å². The molecule has 4 heteroatoms. The Hall–Kier alpha value is -5.58. The van der Waals surface area contributed by atoms with E-state index in [9.17, 15) is 0 Å². The van der Waals surface area contributed by atoms with Gasteiger partial charge >= 0.3 is 0 Å². The number of anilines is 3. The highest BCUT2D eigenvalue weighted by molar-refractivity contribution is 7.26. The molecule has 0 unspecified atom stereocenters. The van der Waals surface area contributed by atoms with E-state index in [0.717, 1.165) is 60.9 Å². The summed E-state index contributed by atoms with van der Waals surface area (Å²) in [6.45, 7) is 0. The highest BCUT2D eigenvalue weighted by Gasteiger charge is 2.19. The Balaban J connectivity index is 1.24. The lowest BCUT2D eigenvalue weighted by molar-refractivity contribution is 0.669. The maximum absolute atomic E-state index is 6.35. The van der Waals surface area contributed by atoms with Crippen molar-refractivity contribution < 1.29 is 8.83 Å². The Kier molecular flexibility index (Phi) is 4.87. The second-order valence-corrected chi connectivity index (χ2v) is 12.4. The molecular weight excluding hydrogens is 559 g/mol. The van der Waals surface area contributed by atoms with E-state index in [2.05, 4.69) is 120 Å². The van der Waals surface area contributed by atoms with Crippen LogP contribution in [0.5, 0.6) is 0 Å². The first-order valence-electron chi connectivity index (χ1n) is 14.8. The van der Waals surface area contributed by atoms with Crippen LogP contribution in [0.25, 0.3) is 74.8 Å². The van der Waals surface area contributed by atoms with E-state index < -0.39 is 0 Å². The van der Waals surface area contributed by atoms with Crippen molar-refractivity contribution in [3.8, 4) is 0 Å². The molecule has 0 saturated heterocycles. The normalized spacial score (nSPS) is 12.1. The van der Waals surface area contributed by atoms with Crippen LogP contribution in [-0.4, -0.2) is 0 Å². The summed E-state index contributed by atoms with van der Waals surface area (Å²) in [6.07, 6.45) is 0. The second-order valence-electron chi connectivity index (χ2n) is 11.3. The summed E-state index contributed by atoms with van der Waals surface area (Å²) < 4.78 is 15.3. The molecule has 10 rings (SSSR count). The van der Waals surface area contributed by atoms with Gasteiger partial charge in [-0.15, -0.1) is 11.3 Å². The highest BCUT2D eigenvalue weighted by Crippen LogP contribution is 2.44. The Morgan fingerprint density at radius 2 is 0.909 bits per heavy atom. The number of thiophene rings is 1. The maximum Gasteiger partial charge on any atom is 0.137 e. The molecule has 10 aromatic rings. The van der Waals surface area contributed by atoms with Gasteiger partial charge in [0, 0.05) is 70.9 Å². The molecule has 3 heterocycles. The summed E-state index contributed by atoms with van der Waals surface area (Å²) in [5.74, 6) is 0. The number of hydrogen-bond donors (Lipinski definition) is 0. The van der Waals surface area contributed by atoms with Crippen molar-refractivity contribution in [3.63, 3.8) is 0 Å². The van der Waals surface area contributed by atoms with Gasteiger partial charge in [-0.2, -0.15) is 0 Å². The lowest BCUT2D eigenvalue weighted by atomic mass is 10.0. The van der Waals surface area contributed by atoms with Crippen molar-refractivity contribution in [2.75, 3.05) is 4.90 Å². The number of fused-ring (bicyclic) bond motifs is 11. The van der Waals surface area contributed by atoms with Crippen molar-refractivity contribution >= 4 is 103 Å². The molecule has 0 amide bonds. The fraction of sp³-hybridized carbons (Fsp3) is 0. The Labute approximate surface area is 255 Å². The maximum atomic E-state index is 6.35. The first kappa shape index (κ1) is 23.9. The Morgan fingerprint density at radius 3 is 1.59 bits per heavy atom. The molecule has 0 N–H and O–H groups in total. The zero-order chi connectivity index (χ0) is 28.8. The van der Waals surface area contributed by atoms with E-state index in [1.807, 2.05) is 35.6 Å². The summed E-state index contributed by atoms with van der Waals surface area (Å²) in [5, 5.41) is 9.60. The third-order valence-corrected chi connectivity index (χ3v) is 9.98. The molecule has 0 atom stereocenters. The minimum Gasteiger partial charge on any atom is -0.456 e. The van der Waals surface area contributed by atoms with E-state index >= 15 is 0 Å². The molecule has 0 radical (unpaired) electrons. The molecule has 7 aromatic carbocycles. The molecule has 206 valence electrons. The number of rotatable bonds is 3. The monoisotopic (exact) mass is 581 g/mol. The minimum atomic E-state index is 0.867. The number of furan rings is 2. The van der Waals surface area contributed by atoms with Gasteiger partial charge in [-0.1, -0.05) is 66.7 Å². The van der Waals surface area contributed by atoms with Crippen LogP contribution >= 0.6 is 11.3 Å². The molecule has 0 aliphatic carbocycles. The molecule has 44 heavy (non-hydrogen) atoms. The molecule has 0 fully saturated rings. The predicted molar refractivity (Wildman–Crippen MR) is 186 cm³/mol. The van der Waals surface area contributed by atoms with Gasteiger partial charge in [-0.25, -0.2) is 0 Å². The van der Waals surface area contributed by atoms with Crippen LogP contribution in [0, 0.1) is 0 Å². The van der Waals surface area contributed by atoms with E-state index in [1.165, 1.54) is 30.9 Å². The molecule has 0 spiro atoms. The number of hydrogen-bond acceptors (Lipinski definition) is 4. The Morgan fingerprint density at radius 1 is 0.386 bits per heavy atom. The first-order valence-corrected chi connectivity index (χ1v) is 15.6. The van der Waals surface area contributed by atoms with Gasteiger partial charge in [0.1, 0.15) is 22.3 Å². The molecule has 0 aliphatic rings. The van der Waals surface area contributed by atoms with E-state index in [-0.39, 0.29) is 0 Å². The van der Waals surface area contributed by atoms with Crippen LogP contribution < -0.4 is 4.90 Å². The summed E-state index contributed by atoms with van der Waals surface area (Å²) >= 11 is 1.85. The minimum absolute atomic E-state index is 0.867. The average molecular weight is 582 g/mol. The fourth-order valence-electron chi connectivity index (χ4n) is 6.83. The summed E-state index contributed by atoms with van der Waals surface area (Å²) in [7, 11) is 0. The average Bonchev–Trinajstić information content (AvgIpc) is 3.75. The lowest BCUT2D eigenvalue weighted by Gasteiger charge is -2.25. The lowest BCUT2D eigenvalue weighted by Crippen LogP contribution is -2.09. The van der Waals surface area contributed by atoms with Crippen LogP contribution in [0.4, 0.5) is 17.1 Å². The van der Waals surface area contributed by atoms with Gasteiger partial charge in [0.15, 0.2) is 0 Å². The fourth-order valence-corrected chi connectivity index (χ4v) is 7.93. The van der Waals surface area contributed by atoms with Crippen molar-refractivity contribution in [3.05, 3.63) is 140 Å². The van der Waals surface area contributed by atoms with E-state index in [1.54, 1.807) is 0 Å².